The fourth-order valence-electron chi connectivity index (χ4n) is 3.34. The summed E-state index contributed by atoms with van der Waals surface area (Å²) >= 11 is 1.53. The van der Waals surface area contributed by atoms with E-state index >= 15 is 0 Å². The lowest BCUT2D eigenvalue weighted by Crippen LogP contribution is -2.57. The van der Waals surface area contributed by atoms with Gasteiger partial charge >= 0.3 is 0 Å². The van der Waals surface area contributed by atoms with Gasteiger partial charge in [0.1, 0.15) is 36.3 Å². The molecule has 12 N–H and O–H groups in total. The van der Waals surface area contributed by atoms with Crippen LogP contribution in [0, 0.1) is 0 Å². The fraction of sp³-hybridized carbons (Fsp3) is 0.667. The molecule has 0 aromatic carbocycles. The standard InChI is InChI=1S/C27H48N10O9S/c1-12(21(29)40)32-19(38)10-30-22(41)13(2)34-25(44)16(5)36-26(45)17(6)35-24(43)15(4)33-20(39)11-31-23(42)14(3)37-27(46)18(28)8-9-47-7/h12-18H,8-11,28H2,1-7H3,(H2,29,40)(H,30,41)(H,31,42)(H,32,38)(H,33,39)(H,34,44)(H,35,43)(H,36,45)(H,37,46)/t12-,13-,14-,15-,16-,17-,18-/m0/s1. The van der Waals surface area contributed by atoms with Crippen molar-refractivity contribution in [1.29, 1.82) is 0 Å². The summed E-state index contributed by atoms with van der Waals surface area (Å²) in [7, 11) is 0. The quantitative estimate of drug-likeness (QED) is 0.0577. The number of rotatable bonds is 20. The van der Waals surface area contributed by atoms with E-state index in [0.29, 0.717) is 12.2 Å². The average Bonchev–Trinajstić information content (AvgIpc) is 3.00. The van der Waals surface area contributed by atoms with Gasteiger partial charge in [0.2, 0.25) is 53.2 Å². The first-order chi connectivity index (χ1) is 21.8. The van der Waals surface area contributed by atoms with Crippen LogP contribution in [-0.2, 0) is 43.2 Å². The number of carbonyl (C=O) groups is 9. The SMILES string of the molecule is CSCC[C@H](N)C(=O)N[C@@H](C)C(=O)NCC(=O)N[C@@H](C)C(=O)N[C@@H](C)C(=O)N[C@@H](C)C(=O)N[C@@H](C)C(=O)NCC(=O)N[C@@H](C)C(N)=O. The van der Waals surface area contributed by atoms with Crippen molar-refractivity contribution in [3.05, 3.63) is 0 Å². The summed E-state index contributed by atoms with van der Waals surface area (Å²) in [5, 5.41) is 18.9. The molecule has 20 heteroatoms. The zero-order valence-electron chi connectivity index (χ0n) is 27.6. The number of nitrogens with one attached hydrogen (secondary N) is 8. The lowest BCUT2D eigenvalue weighted by molar-refractivity contribution is -0.134. The van der Waals surface area contributed by atoms with Gasteiger partial charge in [-0.05, 0) is 60.0 Å². The fourth-order valence-corrected chi connectivity index (χ4v) is 3.83. The Kier molecular flexibility index (Phi) is 19.3. The highest BCUT2D eigenvalue weighted by atomic mass is 32.2. The predicted octanol–water partition coefficient (Wildman–Crippen LogP) is -5.19. The first-order valence-corrected chi connectivity index (χ1v) is 16.1. The first kappa shape index (κ1) is 42.5. The Morgan fingerprint density at radius 3 is 1.19 bits per heavy atom. The van der Waals surface area contributed by atoms with Gasteiger partial charge in [-0.3, -0.25) is 43.2 Å². The van der Waals surface area contributed by atoms with Crippen LogP contribution in [0.4, 0.5) is 0 Å². The van der Waals surface area contributed by atoms with E-state index in [9.17, 15) is 43.2 Å². The largest absolute Gasteiger partial charge is 0.368 e. The molecular formula is C27H48N10O9S. The third-order valence-electron chi connectivity index (χ3n) is 6.40. The van der Waals surface area contributed by atoms with Gasteiger partial charge in [-0.1, -0.05) is 0 Å². The number of hydrogen-bond acceptors (Lipinski definition) is 11. The number of nitrogens with two attached hydrogens (primary N) is 2. The van der Waals surface area contributed by atoms with Crippen LogP contribution in [0.1, 0.15) is 48.0 Å². The maximum absolute atomic E-state index is 12.5. The monoisotopic (exact) mass is 688 g/mol. The van der Waals surface area contributed by atoms with Gasteiger partial charge in [-0.15, -0.1) is 0 Å². The Bertz CT molecular complexity index is 1170. The molecule has 0 aliphatic carbocycles. The van der Waals surface area contributed by atoms with Crippen molar-refractivity contribution in [3.8, 4) is 0 Å². The summed E-state index contributed by atoms with van der Waals surface area (Å²) in [6.07, 6.45) is 2.31. The molecule has 9 amide bonds. The van der Waals surface area contributed by atoms with Gasteiger partial charge in [0, 0.05) is 0 Å². The highest BCUT2D eigenvalue weighted by molar-refractivity contribution is 7.98. The van der Waals surface area contributed by atoms with Crippen LogP contribution in [0.2, 0.25) is 0 Å². The van der Waals surface area contributed by atoms with E-state index in [0.717, 1.165) is 0 Å². The number of primary amides is 1. The summed E-state index contributed by atoms with van der Waals surface area (Å²) < 4.78 is 0. The van der Waals surface area contributed by atoms with Crippen LogP contribution in [0.15, 0.2) is 0 Å². The second-order valence-electron chi connectivity index (χ2n) is 10.7. The molecule has 7 atom stereocenters. The van der Waals surface area contributed by atoms with Crippen molar-refractivity contribution in [2.75, 3.05) is 25.1 Å². The van der Waals surface area contributed by atoms with Crippen LogP contribution in [-0.4, -0.2) is 121 Å². The lowest BCUT2D eigenvalue weighted by Gasteiger charge is -2.22. The summed E-state index contributed by atoms with van der Waals surface area (Å²) in [6, 6.07) is -7.14. The molecule has 19 nitrogen and oxygen atoms in total. The third-order valence-corrected chi connectivity index (χ3v) is 7.04. The van der Waals surface area contributed by atoms with E-state index < -0.39 is 109 Å². The Morgan fingerprint density at radius 2 is 0.830 bits per heavy atom. The Morgan fingerprint density at radius 1 is 0.511 bits per heavy atom. The van der Waals surface area contributed by atoms with Gasteiger partial charge in [0.15, 0.2) is 0 Å². The van der Waals surface area contributed by atoms with Crippen LogP contribution in [0.25, 0.3) is 0 Å². The molecule has 0 radical (unpaired) electrons. The highest BCUT2D eigenvalue weighted by Gasteiger charge is 2.26. The van der Waals surface area contributed by atoms with Gasteiger partial charge in [0.25, 0.3) is 0 Å². The van der Waals surface area contributed by atoms with Gasteiger partial charge < -0.3 is 54.0 Å². The van der Waals surface area contributed by atoms with Crippen molar-refractivity contribution in [3.63, 3.8) is 0 Å². The minimum absolute atomic E-state index is 0.434. The summed E-state index contributed by atoms with van der Waals surface area (Å²) in [4.78, 5) is 109. The van der Waals surface area contributed by atoms with E-state index in [1.54, 1.807) is 0 Å². The molecule has 0 aromatic rings. The summed E-state index contributed by atoms with van der Waals surface area (Å²) in [6.45, 7) is 7.22. The smallest absolute Gasteiger partial charge is 0.242 e. The molecule has 0 aliphatic rings. The molecule has 0 unspecified atom stereocenters. The molecule has 0 fully saturated rings. The minimum Gasteiger partial charge on any atom is -0.368 e. The normalized spacial score (nSPS) is 15.1. The topological polar surface area (TPSA) is 302 Å². The van der Waals surface area contributed by atoms with Crippen molar-refractivity contribution >= 4 is 64.9 Å². The van der Waals surface area contributed by atoms with E-state index in [-0.39, 0.29) is 0 Å². The molecule has 0 heterocycles. The Balaban J connectivity index is 4.62. The molecule has 0 aliphatic heterocycles. The van der Waals surface area contributed by atoms with Gasteiger partial charge in [-0.2, -0.15) is 11.8 Å². The van der Waals surface area contributed by atoms with E-state index in [1.165, 1.54) is 53.3 Å². The Labute approximate surface area is 277 Å². The number of thioether (sulfide) groups is 1. The van der Waals surface area contributed by atoms with Gasteiger partial charge in [0.05, 0.1) is 19.1 Å². The van der Waals surface area contributed by atoms with Gasteiger partial charge in [-0.25, -0.2) is 0 Å². The molecule has 0 aromatic heterocycles. The highest BCUT2D eigenvalue weighted by Crippen LogP contribution is 1.99. The molecule has 47 heavy (non-hydrogen) atoms. The third kappa shape index (κ3) is 17.1. The predicted molar refractivity (Wildman–Crippen MR) is 172 cm³/mol. The van der Waals surface area contributed by atoms with Crippen LogP contribution >= 0.6 is 11.8 Å². The van der Waals surface area contributed by atoms with Crippen molar-refractivity contribution < 1.29 is 43.2 Å². The summed E-state index contributed by atoms with van der Waals surface area (Å²) in [5.41, 5.74) is 10.8. The lowest BCUT2D eigenvalue weighted by atomic mass is 10.2. The number of carbonyl (C=O) groups excluding carboxylic acids is 9. The second-order valence-corrected chi connectivity index (χ2v) is 11.7. The molecule has 0 spiro atoms. The molecule has 0 rings (SSSR count). The van der Waals surface area contributed by atoms with Crippen molar-refractivity contribution in [2.45, 2.75) is 90.3 Å². The molecule has 0 saturated heterocycles. The Hall–Kier alpha value is -4.46. The maximum Gasteiger partial charge on any atom is 0.242 e. The second kappa shape index (κ2) is 21.4. The molecular weight excluding hydrogens is 640 g/mol. The van der Waals surface area contributed by atoms with Crippen LogP contribution in [0.5, 0.6) is 0 Å². The number of hydrogen-bond donors (Lipinski definition) is 10. The van der Waals surface area contributed by atoms with Crippen molar-refractivity contribution in [2.24, 2.45) is 11.5 Å². The van der Waals surface area contributed by atoms with Crippen molar-refractivity contribution in [1.82, 2.24) is 42.5 Å². The van der Waals surface area contributed by atoms with Crippen LogP contribution < -0.4 is 54.0 Å². The van der Waals surface area contributed by atoms with Crippen LogP contribution in [0.3, 0.4) is 0 Å². The molecule has 266 valence electrons. The average molecular weight is 689 g/mol. The van der Waals surface area contributed by atoms with E-state index in [1.807, 2.05) is 6.26 Å². The minimum atomic E-state index is -1.13. The van der Waals surface area contributed by atoms with E-state index in [4.69, 9.17) is 11.5 Å². The van der Waals surface area contributed by atoms with E-state index in [2.05, 4.69) is 42.5 Å². The zero-order valence-corrected chi connectivity index (χ0v) is 28.4. The molecule has 0 bridgehead atoms. The summed E-state index contributed by atoms with van der Waals surface area (Å²) in [5.74, 6) is -5.52. The molecule has 0 saturated carbocycles. The number of amides is 9. The first-order valence-electron chi connectivity index (χ1n) is 14.7. The maximum atomic E-state index is 12.5. The zero-order chi connectivity index (χ0) is 36.4.